The molecule has 0 amide bonds. The largest absolute Gasteiger partial charge is 0.351 e. The quantitative estimate of drug-likeness (QED) is 0.371. The van der Waals surface area contributed by atoms with Gasteiger partial charge in [-0.25, -0.2) is 0 Å². The Labute approximate surface area is 157 Å². The molecule has 0 atom stereocenters. The normalized spacial score (nSPS) is 11.2. The van der Waals surface area contributed by atoms with E-state index < -0.39 is 0 Å². The summed E-state index contributed by atoms with van der Waals surface area (Å²) in [5.41, 5.74) is 2.80. The van der Waals surface area contributed by atoms with E-state index in [4.69, 9.17) is 0 Å². The maximum absolute atomic E-state index is 4.46. The lowest BCUT2D eigenvalue weighted by Crippen LogP contribution is -2.37. The number of nitrogens with one attached hydrogen (secondary N) is 2. The van der Waals surface area contributed by atoms with E-state index in [1.807, 2.05) is 53.9 Å². The van der Waals surface area contributed by atoms with Gasteiger partial charge in [-0.05, 0) is 31.2 Å². The van der Waals surface area contributed by atoms with Crippen LogP contribution >= 0.6 is 24.0 Å². The van der Waals surface area contributed by atoms with Crippen molar-refractivity contribution < 1.29 is 0 Å². The van der Waals surface area contributed by atoms with Crippen LogP contribution in [0, 0.1) is 6.92 Å². The minimum absolute atomic E-state index is 0. The monoisotopic (exact) mass is 437 g/mol. The average Bonchev–Trinajstić information content (AvgIpc) is 2.98. The fourth-order valence-electron chi connectivity index (χ4n) is 2.27. The van der Waals surface area contributed by atoms with Crippen LogP contribution in [0.3, 0.4) is 0 Å². The zero-order chi connectivity index (χ0) is 16.1. The second kappa shape index (κ2) is 8.57. The second-order valence-corrected chi connectivity index (χ2v) is 5.09. The molecule has 0 fully saturated rings. The first-order chi connectivity index (χ1) is 11.3. The van der Waals surface area contributed by atoms with Gasteiger partial charge < -0.3 is 10.6 Å². The molecule has 0 aliphatic carbocycles. The summed E-state index contributed by atoms with van der Waals surface area (Å²) < 4.78 is 1.95. The number of hydrogen-bond donors (Lipinski definition) is 2. The van der Waals surface area contributed by atoms with Crippen LogP contribution in [0.4, 0.5) is 0 Å². The van der Waals surface area contributed by atoms with Crippen LogP contribution in [0.25, 0.3) is 5.65 Å². The molecule has 0 saturated heterocycles. The molecule has 3 aromatic heterocycles. The van der Waals surface area contributed by atoms with Crippen LogP contribution in [0.1, 0.15) is 17.2 Å². The highest BCUT2D eigenvalue weighted by molar-refractivity contribution is 14.0. The van der Waals surface area contributed by atoms with Crippen molar-refractivity contribution >= 4 is 35.6 Å². The predicted molar refractivity (Wildman–Crippen MR) is 104 cm³/mol. The van der Waals surface area contributed by atoms with Crippen molar-refractivity contribution in [3.05, 3.63) is 59.8 Å². The highest BCUT2D eigenvalue weighted by Crippen LogP contribution is 2.02. The van der Waals surface area contributed by atoms with E-state index in [2.05, 4.69) is 30.8 Å². The molecule has 3 rings (SSSR count). The van der Waals surface area contributed by atoms with Gasteiger partial charge in [0.2, 0.25) is 0 Å². The van der Waals surface area contributed by atoms with E-state index in [1.54, 1.807) is 7.05 Å². The first kappa shape index (κ1) is 18.1. The SMILES string of the molecule is CN=C(NCc1cccc(C)n1)NCc1nnc2ccccn12.I. The third-order valence-electron chi connectivity index (χ3n) is 3.40. The summed E-state index contributed by atoms with van der Waals surface area (Å²) in [6.07, 6.45) is 1.94. The molecule has 0 unspecified atom stereocenters. The number of guanidine groups is 1. The predicted octanol–water partition coefficient (Wildman–Crippen LogP) is 1.92. The number of rotatable bonds is 4. The number of aliphatic imine (C=N–C) groups is 1. The maximum atomic E-state index is 4.46. The molecule has 24 heavy (non-hydrogen) atoms. The maximum Gasteiger partial charge on any atom is 0.191 e. The molecular weight excluding hydrogens is 417 g/mol. The summed E-state index contributed by atoms with van der Waals surface area (Å²) in [6.45, 7) is 3.13. The fourth-order valence-corrected chi connectivity index (χ4v) is 2.27. The van der Waals surface area contributed by atoms with Gasteiger partial charge >= 0.3 is 0 Å². The van der Waals surface area contributed by atoms with Crippen molar-refractivity contribution in [2.75, 3.05) is 7.05 Å². The first-order valence-electron chi connectivity index (χ1n) is 7.42. The summed E-state index contributed by atoms with van der Waals surface area (Å²) in [7, 11) is 1.74. The van der Waals surface area contributed by atoms with E-state index in [0.29, 0.717) is 19.0 Å². The van der Waals surface area contributed by atoms with E-state index in [0.717, 1.165) is 22.9 Å². The lowest BCUT2D eigenvalue weighted by atomic mass is 10.3. The summed E-state index contributed by atoms with van der Waals surface area (Å²) in [5.74, 6) is 1.53. The lowest BCUT2D eigenvalue weighted by Gasteiger charge is -2.11. The highest BCUT2D eigenvalue weighted by Gasteiger charge is 2.05. The minimum Gasteiger partial charge on any atom is -0.351 e. The van der Waals surface area contributed by atoms with Gasteiger partial charge in [0.25, 0.3) is 0 Å². The molecule has 8 heteroatoms. The van der Waals surface area contributed by atoms with Gasteiger partial charge in [0.15, 0.2) is 17.4 Å². The van der Waals surface area contributed by atoms with Crippen molar-refractivity contribution in [3.63, 3.8) is 0 Å². The molecule has 3 aromatic rings. The molecule has 0 saturated carbocycles. The van der Waals surface area contributed by atoms with E-state index in [1.165, 1.54) is 0 Å². The summed E-state index contributed by atoms with van der Waals surface area (Å²) in [4.78, 5) is 8.67. The summed E-state index contributed by atoms with van der Waals surface area (Å²) in [5, 5.41) is 14.8. The number of hydrogen-bond acceptors (Lipinski definition) is 4. The van der Waals surface area contributed by atoms with Crippen molar-refractivity contribution in [3.8, 4) is 0 Å². The Morgan fingerprint density at radius 3 is 2.71 bits per heavy atom. The molecule has 126 valence electrons. The molecule has 0 spiro atoms. The van der Waals surface area contributed by atoms with Crippen molar-refractivity contribution in [2.24, 2.45) is 4.99 Å². The molecule has 3 heterocycles. The van der Waals surface area contributed by atoms with Gasteiger partial charge in [0.1, 0.15) is 0 Å². The smallest absolute Gasteiger partial charge is 0.191 e. The Morgan fingerprint density at radius 2 is 1.92 bits per heavy atom. The molecule has 0 aliphatic rings. The third kappa shape index (κ3) is 4.40. The van der Waals surface area contributed by atoms with Gasteiger partial charge in [-0.2, -0.15) is 0 Å². The highest BCUT2D eigenvalue weighted by atomic mass is 127. The van der Waals surface area contributed by atoms with Crippen LogP contribution < -0.4 is 10.6 Å². The van der Waals surface area contributed by atoms with Crippen LogP contribution in [-0.4, -0.2) is 32.6 Å². The third-order valence-corrected chi connectivity index (χ3v) is 3.40. The molecule has 7 nitrogen and oxygen atoms in total. The van der Waals surface area contributed by atoms with Gasteiger partial charge in [-0.3, -0.25) is 14.4 Å². The molecule has 2 N–H and O–H groups in total. The van der Waals surface area contributed by atoms with Crippen LogP contribution in [0.2, 0.25) is 0 Å². The zero-order valence-corrected chi connectivity index (χ0v) is 15.9. The Hall–Kier alpha value is -2.23. The number of aromatic nitrogens is 4. The van der Waals surface area contributed by atoms with E-state index >= 15 is 0 Å². The number of aryl methyl sites for hydroxylation is 1. The van der Waals surface area contributed by atoms with Gasteiger partial charge in [0, 0.05) is 18.9 Å². The standard InChI is InChI=1S/C16H19N7.HI/c1-12-6-5-7-13(20-12)10-18-16(17-2)19-11-15-22-21-14-8-3-4-9-23(14)15;/h3-9H,10-11H2,1-2H3,(H2,17,18,19);1H. The molecule has 0 aliphatic heterocycles. The van der Waals surface area contributed by atoms with Gasteiger partial charge in [-0.1, -0.05) is 12.1 Å². The Bertz CT molecular complexity index is 828. The minimum atomic E-state index is 0. The van der Waals surface area contributed by atoms with Crippen molar-refractivity contribution in [1.29, 1.82) is 0 Å². The second-order valence-electron chi connectivity index (χ2n) is 5.09. The molecule has 0 aromatic carbocycles. The van der Waals surface area contributed by atoms with E-state index in [9.17, 15) is 0 Å². The summed E-state index contributed by atoms with van der Waals surface area (Å²) in [6, 6.07) is 11.8. The van der Waals surface area contributed by atoms with Crippen molar-refractivity contribution in [1.82, 2.24) is 30.2 Å². The number of nitrogens with zero attached hydrogens (tertiary/aromatic N) is 5. The molecule has 0 radical (unpaired) electrons. The number of halogens is 1. The fraction of sp³-hybridized carbons (Fsp3) is 0.250. The first-order valence-corrected chi connectivity index (χ1v) is 7.42. The summed E-state index contributed by atoms with van der Waals surface area (Å²) >= 11 is 0. The van der Waals surface area contributed by atoms with Crippen molar-refractivity contribution in [2.45, 2.75) is 20.0 Å². The Morgan fingerprint density at radius 1 is 1.08 bits per heavy atom. The zero-order valence-electron chi connectivity index (χ0n) is 13.6. The van der Waals surface area contributed by atoms with Crippen LogP contribution in [0.15, 0.2) is 47.6 Å². The van der Waals surface area contributed by atoms with Gasteiger partial charge in [0.05, 0.1) is 18.8 Å². The number of pyridine rings is 2. The molecule has 0 bridgehead atoms. The van der Waals surface area contributed by atoms with Crippen LogP contribution in [-0.2, 0) is 13.1 Å². The van der Waals surface area contributed by atoms with E-state index in [-0.39, 0.29) is 24.0 Å². The molecular formula is C16H20IN7. The number of fused-ring (bicyclic) bond motifs is 1. The Balaban J connectivity index is 0.00000208. The van der Waals surface area contributed by atoms with Crippen LogP contribution in [0.5, 0.6) is 0 Å². The van der Waals surface area contributed by atoms with Gasteiger partial charge in [-0.15, -0.1) is 34.2 Å². The lowest BCUT2D eigenvalue weighted by molar-refractivity contribution is 0.755. The Kier molecular flexibility index (Phi) is 6.47. The topological polar surface area (TPSA) is 79.5 Å². The average molecular weight is 437 g/mol.